The molecule has 0 saturated heterocycles. The van der Waals surface area contributed by atoms with Crippen molar-refractivity contribution in [2.24, 2.45) is 5.73 Å². The van der Waals surface area contributed by atoms with Gasteiger partial charge in [-0.05, 0) is 51.4 Å². The number of carboxylic acids is 1. The zero-order chi connectivity index (χ0) is 42.8. The smallest absolute Gasteiger partial charge is 0.472 e. The summed E-state index contributed by atoms with van der Waals surface area (Å²) in [5, 5.41) is 8.89. The van der Waals surface area contributed by atoms with Crippen LogP contribution in [0.25, 0.3) is 0 Å². The number of esters is 2. The first-order valence-corrected chi connectivity index (χ1v) is 23.8. The fraction of sp³-hybridized carbons (Fsp3) is 0.717. The summed E-state index contributed by atoms with van der Waals surface area (Å²) in [7, 11) is -4.73. The van der Waals surface area contributed by atoms with E-state index in [0.717, 1.165) is 51.4 Å². The van der Waals surface area contributed by atoms with E-state index in [-0.39, 0.29) is 19.4 Å². The lowest BCUT2D eigenvalue weighted by atomic mass is 10.0. The maximum absolute atomic E-state index is 12.6. The number of ether oxygens (including phenoxy) is 2. The van der Waals surface area contributed by atoms with E-state index >= 15 is 0 Å². The molecule has 0 saturated carbocycles. The van der Waals surface area contributed by atoms with Crippen LogP contribution >= 0.6 is 7.82 Å². The number of allylic oxidation sites excluding steroid dienone is 10. The van der Waals surface area contributed by atoms with Crippen LogP contribution in [-0.4, -0.2) is 59.9 Å². The minimum Gasteiger partial charge on any atom is -0.480 e. The second-order valence-electron chi connectivity index (χ2n) is 14.8. The third-order valence-electron chi connectivity index (χ3n) is 9.28. The Kier molecular flexibility index (Phi) is 38.9. The van der Waals surface area contributed by atoms with Crippen LogP contribution in [0, 0.1) is 0 Å². The standard InChI is InChI=1S/C46H80NO10P/c1-3-5-7-9-11-13-15-17-19-21-23-25-27-29-31-33-35-37-44(48)54-39-42(40-55-58(52,53)56-41-43(47)46(50)51)57-45(49)38-36-34-32-30-28-26-24-22-20-18-16-14-12-10-8-6-4-2/h5,7,11,13,17,19,23,25,29,31,42-43H,3-4,6,8-10,12,14-16,18,20-22,24,26-28,30,32-41,47H2,1-2H3,(H,50,51)(H,52,53)/b7-5+,13-11+,19-17+,25-23+,31-29+/t42-,43+/m1/s1. The highest BCUT2D eigenvalue weighted by molar-refractivity contribution is 7.47. The Labute approximate surface area is 351 Å². The van der Waals surface area contributed by atoms with Crippen LogP contribution in [0.5, 0.6) is 0 Å². The first-order chi connectivity index (χ1) is 28.1. The number of hydrogen-bond acceptors (Lipinski definition) is 9. The number of carboxylic acid groups (broad SMARTS) is 1. The minimum atomic E-state index is -4.73. The zero-order valence-corrected chi connectivity index (χ0v) is 37.0. The molecule has 0 bridgehead atoms. The topological polar surface area (TPSA) is 172 Å². The lowest BCUT2D eigenvalue weighted by Crippen LogP contribution is -2.34. The molecule has 12 heteroatoms. The number of phosphoric acid groups is 1. The average molecular weight is 838 g/mol. The van der Waals surface area contributed by atoms with Gasteiger partial charge < -0.3 is 25.2 Å². The van der Waals surface area contributed by atoms with E-state index in [1.165, 1.54) is 83.5 Å². The number of hydrogen-bond donors (Lipinski definition) is 3. The lowest BCUT2D eigenvalue weighted by Gasteiger charge is -2.20. The molecule has 0 aromatic heterocycles. The van der Waals surface area contributed by atoms with E-state index < -0.39 is 51.1 Å². The fourth-order valence-electron chi connectivity index (χ4n) is 5.81. The monoisotopic (exact) mass is 838 g/mol. The van der Waals surface area contributed by atoms with Crippen molar-refractivity contribution in [3.05, 3.63) is 60.8 Å². The molecule has 0 spiro atoms. The summed E-state index contributed by atoms with van der Waals surface area (Å²) >= 11 is 0. The molecule has 0 radical (unpaired) electrons. The molecule has 0 amide bonds. The van der Waals surface area contributed by atoms with Gasteiger partial charge in [0.15, 0.2) is 6.10 Å². The van der Waals surface area contributed by atoms with Gasteiger partial charge in [-0.3, -0.25) is 23.4 Å². The van der Waals surface area contributed by atoms with Crippen molar-refractivity contribution < 1.29 is 47.5 Å². The van der Waals surface area contributed by atoms with Gasteiger partial charge in [-0.25, -0.2) is 4.57 Å². The summed E-state index contributed by atoms with van der Waals surface area (Å²) in [6.45, 7) is 2.64. The quantitative estimate of drug-likeness (QED) is 0.0231. The molecule has 0 aromatic carbocycles. The molecule has 4 N–H and O–H groups in total. The van der Waals surface area contributed by atoms with Crippen LogP contribution in [0.3, 0.4) is 0 Å². The van der Waals surface area contributed by atoms with Crippen molar-refractivity contribution >= 4 is 25.7 Å². The molecule has 0 aromatic rings. The molecule has 0 heterocycles. The molecule has 0 aliphatic heterocycles. The average Bonchev–Trinajstić information content (AvgIpc) is 3.20. The first kappa shape index (κ1) is 55.2. The summed E-state index contributed by atoms with van der Waals surface area (Å²) in [5.74, 6) is -2.45. The largest absolute Gasteiger partial charge is 0.480 e. The van der Waals surface area contributed by atoms with Crippen molar-refractivity contribution in [2.75, 3.05) is 19.8 Å². The maximum atomic E-state index is 12.6. The predicted octanol–water partition coefficient (Wildman–Crippen LogP) is 12.0. The lowest BCUT2D eigenvalue weighted by molar-refractivity contribution is -0.161. The third kappa shape index (κ3) is 40.0. The van der Waals surface area contributed by atoms with E-state index in [0.29, 0.717) is 19.3 Å². The molecular weight excluding hydrogens is 757 g/mol. The van der Waals surface area contributed by atoms with E-state index in [1.54, 1.807) is 0 Å². The highest BCUT2D eigenvalue weighted by Crippen LogP contribution is 2.43. The zero-order valence-electron chi connectivity index (χ0n) is 36.1. The normalized spacial score (nSPS) is 14.3. The van der Waals surface area contributed by atoms with Gasteiger partial charge in [0.05, 0.1) is 13.2 Å². The maximum Gasteiger partial charge on any atom is 0.472 e. The number of aliphatic carboxylic acids is 1. The SMILES string of the molecule is CC/C=C/C/C=C/C/C=C/C/C=C/C/C=C/CCCC(=O)OC[C@H](COP(=O)(O)OC[C@H](N)C(=O)O)OC(=O)CCCCCCCCCCCCCCCCCCC. The molecule has 58 heavy (non-hydrogen) atoms. The Hall–Kier alpha value is -2.82. The van der Waals surface area contributed by atoms with Crippen molar-refractivity contribution in [1.82, 2.24) is 0 Å². The number of rotatable bonds is 41. The van der Waals surface area contributed by atoms with E-state index in [2.05, 4.69) is 67.0 Å². The molecule has 334 valence electrons. The summed E-state index contributed by atoms with van der Waals surface area (Å²) in [5.41, 5.74) is 5.33. The second-order valence-corrected chi connectivity index (χ2v) is 16.3. The van der Waals surface area contributed by atoms with E-state index in [1.807, 2.05) is 12.2 Å². The molecule has 3 atom stereocenters. The Balaban J connectivity index is 4.43. The first-order valence-electron chi connectivity index (χ1n) is 22.3. The molecule has 1 unspecified atom stereocenters. The summed E-state index contributed by atoms with van der Waals surface area (Å²) in [4.78, 5) is 46.0. The molecule has 0 aliphatic carbocycles. The van der Waals surface area contributed by atoms with E-state index in [4.69, 9.17) is 24.8 Å². The van der Waals surface area contributed by atoms with Gasteiger partial charge in [-0.15, -0.1) is 0 Å². The molecule has 0 fully saturated rings. The Morgan fingerprint density at radius 2 is 0.966 bits per heavy atom. The molecular formula is C46H80NO10P. The molecule has 11 nitrogen and oxygen atoms in total. The third-order valence-corrected chi connectivity index (χ3v) is 10.2. The second kappa shape index (κ2) is 40.9. The van der Waals surface area contributed by atoms with Crippen LogP contribution < -0.4 is 5.73 Å². The van der Waals surface area contributed by atoms with Crippen LogP contribution in [0.2, 0.25) is 0 Å². The minimum absolute atomic E-state index is 0.143. The predicted molar refractivity (Wildman–Crippen MR) is 235 cm³/mol. The van der Waals surface area contributed by atoms with Crippen molar-refractivity contribution in [1.29, 1.82) is 0 Å². The van der Waals surface area contributed by atoms with Crippen molar-refractivity contribution in [2.45, 2.75) is 193 Å². The van der Waals surface area contributed by atoms with Crippen molar-refractivity contribution in [3.63, 3.8) is 0 Å². The van der Waals surface area contributed by atoms with E-state index in [9.17, 15) is 23.8 Å². The van der Waals surface area contributed by atoms with Crippen LogP contribution in [0.4, 0.5) is 0 Å². The van der Waals surface area contributed by atoms with Gasteiger partial charge in [0, 0.05) is 12.8 Å². The van der Waals surface area contributed by atoms with Gasteiger partial charge in [0.2, 0.25) is 0 Å². The Morgan fingerprint density at radius 3 is 1.43 bits per heavy atom. The van der Waals surface area contributed by atoms with Crippen LogP contribution in [0.15, 0.2) is 60.8 Å². The number of carbonyl (C=O) groups is 3. The summed E-state index contributed by atoms with van der Waals surface area (Å²) in [6, 6.07) is -1.53. The van der Waals surface area contributed by atoms with Gasteiger partial charge in [0.25, 0.3) is 0 Å². The van der Waals surface area contributed by atoms with Crippen LogP contribution in [0.1, 0.15) is 181 Å². The van der Waals surface area contributed by atoms with Crippen molar-refractivity contribution in [3.8, 4) is 0 Å². The van der Waals surface area contributed by atoms with Gasteiger partial charge in [-0.2, -0.15) is 0 Å². The fourth-order valence-corrected chi connectivity index (χ4v) is 6.58. The number of nitrogens with two attached hydrogens (primary N) is 1. The number of carbonyl (C=O) groups excluding carboxylic acids is 2. The van der Waals surface area contributed by atoms with Gasteiger partial charge in [-0.1, -0.05) is 177 Å². The summed E-state index contributed by atoms with van der Waals surface area (Å²) in [6.07, 6.45) is 47.2. The molecule has 0 rings (SSSR count). The number of phosphoric ester groups is 1. The molecule has 0 aliphatic rings. The van der Waals surface area contributed by atoms with Gasteiger partial charge in [0.1, 0.15) is 12.6 Å². The van der Waals surface area contributed by atoms with Crippen LogP contribution in [-0.2, 0) is 37.5 Å². The Bertz CT molecular complexity index is 1210. The highest BCUT2D eigenvalue weighted by Gasteiger charge is 2.28. The highest BCUT2D eigenvalue weighted by atomic mass is 31.2. The van der Waals surface area contributed by atoms with Gasteiger partial charge >= 0.3 is 25.7 Å². The number of unbranched alkanes of at least 4 members (excludes halogenated alkanes) is 17. The Morgan fingerprint density at radius 1 is 0.552 bits per heavy atom. The summed E-state index contributed by atoms with van der Waals surface area (Å²) < 4.78 is 32.7.